The molecule has 2 aromatic rings. The van der Waals surface area contributed by atoms with Crippen molar-refractivity contribution in [3.8, 4) is 0 Å². The van der Waals surface area contributed by atoms with E-state index in [9.17, 15) is 9.90 Å². The SMILES string of the molecule is CC(C)(C)[Si](C)(C)O[C@H]1CC(=O)O[C@H]1[C@H](O)CCCO[Si](c1ccccc1)(c1ccccc1)C(C)(C)C. The third-order valence-corrected chi connectivity index (χ3v) is 17.6. The largest absolute Gasteiger partial charge is 0.457 e. The van der Waals surface area contributed by atoms with Gasteiger partial charge in [0, 0.05) is 6.61 Å². The summed E-state index contributed by atoms with van der Waals surface area (Å²) < 4.78 is 19.0. The molecule has 0 bridgehead atoms. The molecule has 0 spiro atoms. The highest BCUT2D eigenvalue weighted by atomic mass is 28.4. The number of cyclic esters (lactones) is 1. The predicted octanol–water partition coefficient (Wildman–Crippen LogP) is 5.41. The minimum Gasteiger partial charge on any atom is -0.457 e. The fourth-order valence-electron chi connectivity index (χ4n) is 4.99. The lowest BCUT2D eigenvalue weighted by Crippen LogP contribution is -2.66. The van der Waals surface area contributed by atoms with Crippen molar-refractivity contribution in [2.45, 2.75) is 102 Å². The zero-order valence-corrected chi connectivity index (χ0v) is 25.9. The van der Waals surface area contributed by atoms with Gasteiger partial charge in [-0.25, -0.2) is 0 Å². The average Bonchev–Trinajstić information content (AvgIpc) is 3.18. The highest BCUT2D eigenvalue weighted by Gasteiger charge is 2.50. The lowest BCUT2D eigenvalue weighted by molar-refractivity contribution is -0.146. The molecule has 0 saturated carbocycles. The lowest BCUT2D eigenvalue weighted by Gasteiger charge is -2.43. The fraction of sp³-hybridized carbons (Fsp3) is 0.567. The van der Waals surface area contributed by atoms with Gasteiger partial charge in [0.1, 0.15) is 0 Å². The molecule has 37 heavy (non-hydrogen) atoms. The maximum atomic E-state index is 12.2. The van der Waals surface area contributed by atoms with Crippen LogP contribution in [0.1, 0.15) is 60.8 Å². The number of carbonyl (C=O) groups excluding carboxylic acids is 1. The molecule has 0 aliphatic carbocycles. The summed E-state index contributed by atoms with van der Waals surface area (Å²) >= 11 is 0. The third kappa shape index (κ3) is 6.63. The zero-order valence-electron chi connectivity index (χ0n) is 23.9. The summed E-state index contributed by atoms with van der Waals surface area (Å²) in [7, 11) is -4.72. The highest BCUT2D eigenvalue weighted by molar-refractivity contribution is 6.99. The van der Waals surface area contributed by atoms with Crippen molar-refractivity contribution in [1.29, 1.82) is 0 Å². The van der Waals surface area contributed by atoms with Crippen molar-refractivity contribution < 1.29 is 23.5 Å². The van der Waals surface area contributed by atoms with E-state index in [0.29, 0.717) is 19.4 Å². The van der Waals surface area contributed by atoms with Crippen molar-refractivity contribution in [2.75, 3.05) is 6.61 Å². The van der Waals surface area contributed by atoms with Crippen LogP contribution in [0.15, 0.2) is 60.7 Å². The number of esters is 1. The van der Waals surface area contributed by atoms with Crippen LogP contribution in [0.2, 0.25) is 23.2 Å². The van der Waals surface area contributed by atoms with Crippen molar-refractivity contribution in [3.05, 3.63) is 60.7 Å². The molecule has 1 N–H and O–H groups in total. The molecule has 1 aliphatic heterocycles. The zero-order chi connectivity index (χ0) is 27.5. The molecule has 0 aromatic heterocycles. The molecule has 5 nitrogen and oxygen atoms in total. The van der Waals surface area contributed by atoms with Crippen LogP contribution in [0, 0.1) is 0 Å². The summed E-state index contributed by atoms with van der Waals surface area (Å²) in [5, 5.41) is 13.5. The van der Waals surface area contributed by atoms with E-state index in [1.54, 1.807) is 0 Å². The Morgan fingerprint density at radius 2 is 1.43 bits per heavy atom. The lowest BCUT2D eigenvalue weighted by atomic mass is 10.0. The van der Waals surface area contributed by atoms with E-state index in [2.05, 4.69) is 103 Å². The van der Waals surface area contributed by atoms with Crippen LogP contribution in [0.3, 0.4) is 0 Å². The Hall–Kier alpha value is -1.78. The maximum absolute atomic E-state index is 12.2. The molecule has 0 amide bonds. The Labute approximate surface area is 225 Å². The van der Waals surface area contributed by atoms with Gasteiger partial charge in [-0.1, -0.05) is 102 Å². The third-order valence-electron chi connectivity index (χ3n) is 8.01. The van der Waals surface area contributed by atoms with E-state index in [1.165, 1.54) is 10.4 Å². The summed E-state index contributed by atoms with van der Waals surface area (Å²) in [6, 6.07) is 21.1. The Balaban J connectivity index is 1.73. The van der Waals surface area contributed by atoms with Crippen LogP contribution in [0.25, 0.3) is 0 Å². The normalized spacial score (nSPS) is 20.1. The number of ether oxygens (including phenoxy) is 1. The number of rotatable bonds is 10. The first-order valence-corrected chi connectivity index (χ1v) is 18.3. The number of carbonyl (C=O) groups is 1. The van der Waals surface area contributed by atoms with Crippen molar-refractivity contribution >= 4 is 33.0 Å². The fourth-order valence-corrected chi connectivity index (χ4v) is 10.9. The van der Waals surface area contributed by atoms with E-state index < -0.39 is 34.9 Å². The molecule has 1 aliphatic rings. The van der Waals surface area contributed by atoms with Gasteiger partial charge in [-0.15, -0.1) is 0 Å². The van der Waals surface area contributed by atoms with Gasteiger partial charge in [0.25, 0.3) is 8.32 Å². The molecule has 3 atom stereocenters. The molecular formula is C30H46O5Si2. The first kappa shape index (κ1) is 29.8. The number of hydrogen-bond donors (Lipinski definition) is 1. The van der Waals surface area contributed by atoms with E-state index in [0.717, 1.165) is 0 Å². The molecule has 3 rings (SSSR count). The first-order valence-electron chi connectivity index (χ1n) is 13.5. The van der Waals surface area contributed by atoms with Crippen molar-refractivity contribution in [2.24, 2.45) is 0 Å². The van der Waals surface area contributed by atoms with E-state index in [-0.39, 0.29) is 22.5 Å². The van der Waals surface area contributed by atoms with Gasteiger partial charge < -0.3 is 18.7 Å². The quantitative estimate of drug-likeness (QED) is 0.247. The van der Waals surface area contributed by atoms with Crippen molar-refractivity contribution in [3.63, 3.8) is 0 Å². The summed E-state index contributed by atoms with van der Waals surface area (Å²) in [4.78, 5) is 12.2. The summed E-state index contributed by atoms with van der Waals surface area (Å²) in [5.74, 6) is -0.295. The summed E-state index contributed by atoms with van der Waals surface area (Å²) in [6.07, 6.45) is -0.480. The van der Waals surface area contributed by atoms with Crippen molar-refractivity contribution in [1.82, 2.24) is 0 Å². The molecule has 1 heterocycles. The Bertz CT molecular complexity index is 972. The molecule has 204 valence electrons. The minimum absolute atomic E-state index is 0.0117. The van der Waals surface area contributed by atoms with Crippen LogP contribution in [-0.2, 0) is 18.4 Å². The van der Waals surface area contributed by atoms with Gasteiger partial charge >= 0.3 is 5.97 Å². The number of aliphatic hydroxyl groups excluding tert-OH is 1. The predicted molar refractivity (Wildman–Crippen MR) is 155 cm³/mol. The van der Waals surface area contributed by atoms with Crippen LogP contribution in [0.4, 0.5) is 0 Å². The topological polar surface area (TPSA) is 65.0 Å². The maximum Gasteiger partial charge on any atom is 0.308 e. The number of hydrogen-bond acceptors (Lipinski definition) is 5. The van der Waals surface area contributed by atoms with Gasteiger partial charge in [0.05, 0.1) is 18.6 Å². The average molecular weight is 543 g/mol. The van der Waals surface area contributed by atoms with E-state index in [4.69, 9.17) is 13.6 Å². The Morgan fingerprint density at radius 3 is 1.89 bits per heavy atom. The van der Waals surface area contributed by atoms with Crippen LogP contribution >= 0.6 is 0 Å². The van der Waals surface area contributed by atoms with Crippen LogP contribution in [-0.4, -0.2) is 52.6 Å². The number of aliphatic hydroxyl groups is 1. The Morgan fingerprint density at radius 1 is 0.919 bits per heavy atom. The second-order valence-electron chi connectivity index (χ2n) is 12.8. The second kappa shape index (κ2) is 11.5. The van der Waals surface area contributed by atoms with Gasteiger partial charge in [0.2, 0.25) is 0 Å². The van der Waals surface area contributed by atoms with Gasteiger partial charge in [-0.3, -0.25) is 4.79 Å². The monoisotopic (exact) mass is 542 g/mol. The van der Waals surface area contributed by atoms with E-state index in [1.807, 2.05) is 12.1 Å². The molecule has 2 aromatic carbocycles. The molecule has 0 radical (unpaired) electrons. The molecule has 1 fully saturated rings. The highest BCUT2D eigenvalue weighted by Crippen LogP contribution is 2.40. The Kier molecular flexibility index (Phi) is 9.28. The van der Waals surface area contributed by atoms with Gasteiger partial charge in [-0.2, -0.15) is 0 Å². The van der Waals surface area contributed by atoms with Crippen LogP contribution < -0.4 is 10.4 Å². The summed E-state index contributed by atoms with van der Waals surface area (Å²) in [6.45, 7) is 18.1. The molecule has 0 unspecified atom stereocenters. The second-order valence-corrected chi connectivity index (χ2v) is 21.9. The molecular weight excluding hydrogens is 496 g/mol. The van der Waals surface area contributed by atoms with E-state index >= 15 is 0 Å². The number of benzene rings is 2. The minimum atomic E-state index is -2.62. The molecule has 7 heteroatoms. The molecule has 1 saturated heterocycles. The smallest absolute Gasteiger partial charge is 0.308 e. The van der Waals surface area contributed by atoms with Gasteiger partial charge in [-0.05, 0) is 46.4 Å². The van der Waals surface area contributed by atoms with Crippen LogP contribution in [0.5, 0.6) is 0 Å². The standard InChI is InChI=1S/C30H46O5Si2/c1-29(2,3)36(7,8)35-26-22-27(32)34-28(26)25(31)20-15-21-33-37(30(4,5)6,23-16-11-9-12-17-23)24-18-13-10-14-19-24/h9-14,16-19,25-26,28,31H,15,20-22H2,1-8H3/t25-,26+,28+/m1/s1. The van der Waals surface area contributed by atoms with Gasteiger partial charge in [0.15, 0.2) is 14.4 Å². The summed E-state index contributed by atoms with van der Waals surface area (Å²) in [5.41, 5.74) is 0. The first-order chi connectivity index (χ1) is 17.2.